The highest BCUT2D eigenvalue weighted by atomic mass is 35.5. The highest BCUT2D eigenvalue weighted by Gasteiger charge is 2.17. The summed E-state index contributed by atoms with van der Waals surface area (Å²) < 4.78 is 7.99. The summed E-state index contributed by atoms with van der Waals surface area (Å²) in [5.41, 5.74) is 1.19. The van der Waals surface area contributed by atoms with Gasteiger partial charge in [0, 0.05) is 28.7 Å². The predicted molar refractivity (Wildman–Crippen MR) is 104 cm³/mol. The summed E-state index contributed by atoms with van der Waals surface area (Å²) >= 11 is 7.46. The van der Waals surface area contributed by atoms with Crippen molar-refractivity contribution in [3.63, 3.8) is 0 Å². The zero-order valence-corrected chi connectivity index (χ0v) is 16.9. The molecule has 0 aliphatic carbocycles. The van der Waals surface area contributed by atoms with E-state index in [4.69, 9.17) is 21.6 Å². The van der Waals surface area contributed by atoms with E-state index in [1.807, 2.05) is 6.20 Å². The quantitative estimate of drug-likeness (QED) is 0.702. The van der Waals surface area contributed by atoms with Gasteiger partial charge in [-0.2, -0.15) is 10.3 Å². The molecule has 0 N–H and O–H groups in total. The molecule has 0 fully saturated rings. The van der Waals surface area contributed by atoms with E-state index in [0.29, 0.717) is 33.8 Å². The number of ether oxygens (including phenoxy) is 1. The van der Waals surface area contributed by atoms with Crippen molar-refractivity contribution in [2.45, 2.75) is 45.6 Å². The van der Waals surface area contributed by atoms with Gasteiger partial charge in [0.1, 0.15) is 10.4 Å². The number of carbonyl (C=O) groups is 1. The number of aromatic nitrogens is 1. The van der Waals surface area contributed by atoms with Gasteiger partial charge >= 0.3 is 0 Å². The Labute approximate surface area is 162 Å². The molecule has 0 radical (unpaired) electrons. The first-order valence-corrected chi connectivity index (χ1v) is 9.43. The SMILES string of the molecule is COc1ccc(Cl)cc1C(=O)N=c1sn(C(C)(C)C)cc1CCCC#N. The molecular formula is C19H22ClN3O2S. The molecule has 0 bridgehead atoms. The maximum absolute atomic E-state index is 12.7. The van der Waals surface area contributed by atoms with Crippen LogP contribution in [0, 0.1) is 11.3 Å². The lowest BCUT2D eigenvalue weighted by Gasteiger charge is -2.19. The van der Waals surface area contributed by atoms with Gasteiger partial charge in [-0.15, -0.1) is 0 Å². The van der Waals surface area contributed by atoms with Crippen LogP contribution in [0.15, 0.2) is 29.4 Å². The molecule has 0 aliphatic heterocycles. The number of methoxy groups -OCH3 is 1. The second kappa shape index (κ2) is 8.52. The van der Waals surface area contributed by atoms with Crippen molar-refractivity contribution in [1.29, 1.82) is 5.26 Å². The number of hydrogen-bond donors (Lipinski definition) is 0. The number of rotatable bonds is 5. The van der Waals surface area contributed by atoms with Crippen molar-refractivity contribution >= 4 is 29.0 Å². The smallest absolute Gasteiger partial charge is 0.282 e. The number of unbranched alkanes of at least 4 members (excludes halogenated alkanes) is 1. The Hall–Kier alpha value is -2.10. The fraction of sp³-hybridized carbons (Fsp3) is 0.421. The molecule has 0 spiro atoms. The average molecular weight is 392 g/mol. The number of benzene rings is 1. The number of aryl methyl sites for hydroxylation is 1. The molecule has 1 heterocycles. The van der Waals surface area contributed by atoms with Crippen molar-refractivity contribution in [1.82, 2.24) is 3.96 Å². The lowest BCUT2D eigenvalue weighted by atomic mass is 10.1. The Balaban J connectivity index is 2.48. The molecular weight excluding hydrogens is 370 g/mol. The second-order valence-corrected chi connectivity index (χ2v) is 8.22. The largest absolute Gasteiger partial charge is 0.496 e. The summed E-state index contributed by atoms with van der Waals surface area (Å²) in [7, 11) is 1.51. The minimum absolute atomic E-state index is 0.112. The number of nitrogens with zero attached hydrogens (tertiary/aromatic N) is 3. The van der Waals surface area contributed by atoms with Crippen LogP contribution < -0.4 is 9.41 Å². The molecule has 1 aromatic carbocycles. The van der Waals surface area contributed by atoms with Gasteiger partial charge in [0.2, 0.25) is 0 Å². The number of amides is 1. The summed E-state index contributed by atoms with van der Waals surface area (Å²) in [4.78, 5) is 17.1. The normalized spacial score (nSPS) is 12.1. The van der Waals surface area contributed by atoms with E-state index in [9.17, 15) is 4.79 Å². The van der Waals surface area contributed by atoms with E-state index >= 15 is 0 Å². The molecule has 138 valence electrons. The molecule has 0 saturated heterocycles. The van der Waals surface area contributed by atoms with E-state index in [0.717, 1.165) is 12.0 Å². The Morgan fingerprint density at radius 2 is 2.15 bits per heavy atom. The highest BCUT2D eigenvalue weighted by Crippen LogP contribution is 2.24. The summed E-state index contributed by atoms with van der Waals surface area (Å²) in [5.74, 6) is 0.0447. The molecule has 26 heavy (non-hydrogen) atoms. The third kappa shape index (κ3) is 4.96. The molecule has 2 aromatic rings. The average Bonchev–Trinajstić information content (AvgIpc) is 2.98. The van der Waals surface area contributed by atoms with Gasteiger partial charge in [-0.3, -0.25) is 8.75 Å². The summed E-state index contributed by atoms with van der Waals surface area (Å²) in [5, 5.41) is 9.22. The Morgan fingerprint density at radius 1 is 1.42 bits per heavy atom. The van der Waals surface area contributed by atoms with Crippen molar-refractivity contribution in [2.75, 3.05) is 7.11 Å². The van der Waals surface area contributed by atoms with Crippen LogP contribution >= 0.6 is 23.1 Å². The molecule has 1 aromatic heterocycles. The van der Waals surface area contributed by atoms with Gasteiger partial charge in [0.05, 0.1) is 18.7 Å². The lowest BCUT2D eigenvalue weighted by molar-refractivity contribution is 0.0996. The van der Waals surface area contributed by atoms with Crippen LogP contribution in [0.3, 0.4) is 0 Å². The predicted octanol–water partition coefficient (Wildman–Crippen LogP) is 4.55. The van der Waals surface area contributed by atoms with E-state index < -0.39 is 5.91 Å². The Morgan fingerprint density at radius 3 is 2.77 bits per heavy atom. The van der Waals surface area contributed by atoms with Gasteiger partial charge in [0.15, 0.2) is 0 Å². The minimum Gasteiger partial charge on any atom is -0.496 e. The zero-order valence-electron chi connectivity index (χ0n) is 15.4. The van der Waals surface area contributed by atoms with Gasteiger partial charge in [-0.25, -0.2) is 0 Å². The van der Waals surface area contributed by atoms with Gasteiger partial charge < -0.3 is 4.74 Å². The summed E-state index contributed by atoms with van der Waals surface area (Å²) in [6, 6.07) is 7.04. The molecule has 2 rings (SSSR count). The topological polar surface area (TPSA) is 67.4 Å². The van der Waals surface area contributed by atoms with Crippen LogP contribution in [0.4, 0.5) is 0 Å². The second-order valence-electron chi connectivity index (χ2n) is 6.82. The van der Waals surface area contributed by atoms with Gasteiger partial charge in [-0.05, 0) is 63.3 Å². The third-order valence-corrected chi connectivity index (χ3v) is 5.33. The van der Waals surface area contributed by atoms with Crippen LogP contribution in [0.1, 0.15) is 49.5 Å². The van der Waals surface area contributed by atoms with Crippen LogP contribution in [-0.2, 0) is 12.0 Å². The van der Waals surface area contributed by atoms with E-state index in [2.05, 4.69) is 35.8 Å². The van der Waals surface area contributed by atoms with Crippen molar-refractivity contribution in [3.8, 4) is 11.8 Å². The van der Waals surface area contributed by atoms with Gasteiger partial charge in [0.25, 0.3) is 5.91 Å². The molecule has 0 unspecified atom stereocenters. The van der Waals surface area contributed by atoms with Crippen LogP contribution in [0.25, 0.3) is 0 Å². The molecule has 0 saturated carbocycles. The number of nitriles is 1. The Kier molecular flexibility index (Phi) is 6.63. The molecule has 1 amide bonds. The third-order valence-electron chi connectivity index (χ3n) is 3.72. The van der Waals surface area contributed by atoms with E-state index in [-0.39, 0.29) is 5.54 Å². The number of hydrogen-bond acceptors (Lipinski definition) is 4. The lowest BCUT2D eigenvalue weighted by Crippen LogP contribution is -2.18. The first kappa shape index (κ1) is 20.2. The molecule has 5 nitrogen and oxygen atoms in total. The van der Waals surface area contributed by atoms with Crippen molar-refractivity contribution < 1.29 is 9.53 Å². The standard InChI is InChI=1S/C19H22ClN3O2S/c1-19(2,3)23-12-13(7-5-6-10-21)18(26-23)22-17(24)15-11-14(20)8-9-16(15)25-4/h8-9,11-12H,5-7H2,1-4H3. The molecule has 0 atom stereocenters. The fourth-order valence-corrected chi connectivity index (χ4v) is 3.53. The highest BCUT2D eigenvalue weighted by molar-refractivity contribution is 7.04. The number of carbonyl (C=O) groups excluding carboxylic acids is 1. The fourth-order valence-electron chi connectivity index (χ4n) is 2.33. The van der Waals surface area contributed by atoms with Crippen molar-refractivity contribution in [2.24, 2.45) is 4.99 Å². The van der Waals surface area contributed by atoms with E-state index in [1.165, 1.54) is 18.6 Å². The summed E-state index contributed by atoms with van der Waals surface area (Å²) in [6.07, 6.45) is 3.92. The van der Waals surface area contributed by atoms with Crippen LogP contribution in [0.2, 0.25) is 5.02 Å². The molecule has 7 heteroatoms. The van der Waals surface area contributed by atoms with Crippen LogP contribution in [-0.4, -0.2) is 17.0 Å². The summed E-state index contributed by atoms with van der Waals surface area (Å²) in [6.45, 7) is 6.27. The maximum Gasteiger partial charge on any atom is 0.282 e. The minimum atomic E-state index is -0.395. The first-order valence-electron chi connectivity index (χ1n) is 8.28. The monoisotopic (exact) mass is 391 g/mol. The maximum atomic E-state index is 12.7. The van der Waals surface area contributed by atoms with Crippen LogP contribution in [0.5, 0.6) is 5.75 Å². The first-order chi connectivity index (χ1) is 12.3. The van der Waals surface area contributed by atoms with Gasteiger partial charge in [-0.1, -0.05) is 11.6 Å². The molecule has 0 aliphatic rings. The number of halogens is 1. The van der Waals surface area contributed by atoms with E-state index in [1.54, 1.807) is 18.2 Å². The Bertz CT molecular complexity index is 901. The van der Waals surface area contributed by atoms with Crippen molar-refractivity contribution in [3.05, 3.63) is 45.2 Å². The zero-order chi connectivity index (χ0) is 19.3.